The molecule has 1 fully saturated rings. The molecule has 196 valence electrons. The first-order valence-corrected chi connectivity index (χ1v) is 14.7. The summed E-state index contributed by atoms with van der Waals surface area (Å²) in [5.41, 5.74) is -0.980. The lowest BCUT2D eigenvalue weighted by molar-refractivity contribution is -0.124. The van der Waals surface area contributed by atoms with Crippen LogP contribution in [0.3, 0.4) is 0 Å². The number of hydrogen-bond acceptors (Lipinski definition) is 5. The summed E-state index contributed by atoms with van der Waals surface area (Å²) in [4.78, 5) is 19.9. The van der Waals surface area contributed by atoms with Crippen molar-refractivity contribution in [1.82, 2.24) is 13.9 Å². The molecule has 37 heavy (non-hydrogen) atoms. The second-order valence-corrected chi connectivity index (χ2v) is 13.7. The summed E-state index contributed by atoms with van der Waals surface area (Å²) in [6.45, 7) is 3.76. The molecule has 2 aliphatic heterocycles. The quantitative estimate of drug-likeness (QED) is 0.423. The van der Waals surface area contributed by atoms with E-state index in [1.165, 1.54) is 20.0 Å². The van der Waals surface area contributed by atoms with Gasteiger partial charge >= 0.3 is 0 Å². The molecule has 8 nitrogen and oxygen atoms in total. The molecule has 3 aromatic rings. The minimum absolute atomic E-state index is 0.0763. The zero-order valence-corrected chi connectivity index (χ0v) is 24.1. The van der Waals surface area contributed by atoms with Crippen LogP contribution in [0.15, 0.2) is 58.2 Å². The number of aromatic nitrogens is 2. The number of nitrogens with zero attached hydrogens (tertiary/aromatic N) is 4. The predicted molar refractivity (Wildman–Crippen MR) is 146 cm³/mol. The van der Waals surface area contributed by atoms with Crippen LogP contribution in [0.4, 0.5) is 11.6 Å². The Morgan fingerprint density at radius 3 is 2.24 bits per heavy atom. The van der Waals surface area contributed by atoms with E-state index in [1.807, 2.05) is 24.3 Å². The van der Waals surface area contributed by atoms with Crippen molar-refractivity contribution < 1.29 is 18.3 Å². The largest absolute Gasteiger partial charge is 0.390 e. The zero-order chi connectivity index (χ0) is 26.8. The molecule has 1 aromatic heterocycles. The van der Waals surface area contributed by atoms with Crippen LogP contribution in [0, 0.1) is 0 Å². The highest BCUT2D eigenvalue weighted by Crippen LogP contribution is 2.45. The summed E-state index contributed by atoms with van der Waals surface area (Å²) in [5, 5.41) is 10.9. The maximum Gasteiger partial charge on any atom is 0.260 e. The number of carbonyl (C=O) groups excluding carboxylic acids is 1. The van der Waals surface area contributed by atoms with Gasteiger partial charge in [0.25, 0.3) is 15.9 Å². The summed E-state index contributed by atoms with van der Waals surface area (Å²) in [5.74, 6) is -0.180. The van der Waals surface area contributed by atoms with E-state index in [-0.39, 0.29) is 36.4 Å². The molecule has 1 atom stereocenters. The lowest BCUT2D eigenvalue weighted by Gasteiger charge is -2.35. The SMILES string of the molecule is CC1(O)CCN(S(=O)(=O)c2cnc3n2[C@](C)(Cc2ccc(Br)cc2)C(=O)N3c2cc(Cl)cc(Cl)c2)CC1. The summed E-state index contributed by atoms with van der Waals surface area (Å²) >= 11 is 15.9. The second kappa shape index (κ2) is 9.36. The minimum Gasteiger partial charge on any atom is -0.390 e. The number of aliphatic hydroxyl groups is 1. The van der Waals surface area contributed by atoms with Gasteiger partial charge in [-0.2, -0.15) is 4.31 Å². The van der Waals surface area contributed by atoms with Crippen LogP contribution in [0.2, 0.25) is 10.0 Å². The summed E-state index contributed by atoms with van der Waals surface area (Å²) in [6.07, 6.45) is 2.15. The normalized spacial score (nSPS) is 21.9. The van der Waals surface area contributed by atoms with Gasteiger partial charge in [-0.05, 0) is 62.6 Å². The highest BCUT2D eigenvalue weighted by Gasteiger charge is 2.52. The summed E-state index contributed by atoms with van der Waals surface area (Å²) < 4.78 is 31.5. The van der Waals surface area contributed by atoms with E-state index in [1.54, 1.807) is 32.0 Å². The fraction of sp³-hybridized carbons (Fsp3) is 0.360. The van der Waals surface area contributed by atoms with Gasteiger partial charge in [0, 0.05) is 34.0 Å². The van der Waals surface area contributed by atoms with Gasteiger partial charge < -0.3 is 5.11 Å². The molecule has 1 saturated heterocycles. The maximum atomic E-state index is 14.1. The Morgan fingerprint density at radius 2 is 1.65 bits per heavy atom. The van der Waals surface area contributed by atoms with E-state index in [9.17, 15) is 18.3 Å². The lowest BCUT2D eigenvalue weighted by atomic mass is 9.92. The van der Waals surface area contributed by atoms with E-state index >= 15 is 0 Å². The van der Waals surface area contributed by atoms with Gasteiger partial charge in [-0.25, -0.2) is 18.3 Å². The topological polar surface area (TPSA) is 95.7 Å². The van der Waals surface area contributed by atoms with Crippen LogP contribution in [0.5, 0.6) is 0 Å². The van der Waals surface area contributed by atoms with E-state index in [2.05, 4.69) is 20.9 Å². The molecule has 12 heteroatoms. The molecule has 5 rings (SSSR count). The van der Waals surface area contributed by atoms with Gasteiger partial charge in [0.2, 0.25) is 5.95 Å². The highest BCUT2D eigenvalue weighted by atomic mass is 79.9. The summed E-state index contributed by atoms with van der Waals surface area (Å²) in [7, 11) is -4.03. The molecule has 3 heterocycles. The first-order chi connectivity index (χ1) is 17.3. The van der Waals surface area contributed by atoms with Crippen LogP contribution in [0.25, 0.3) is 0 Å². The lowest BCUT2D eigenvalue weighted by Crippen LogP contribution is -2.47. The average molecular weight is 628 g/mol. The Balaban J connectivity index is 1.65. The maximum absolute atomic E-state index is 14.1. The van der Waals surface area contributed by atoms with E-state index in [0.717, 1.165) is 10.0 Å². The van der Waals surface area contributed by atoms with E-state index in [0.29, 0.717) is 28.6 Å². The fourth-order valence-corrected chi connectivity index (χ4v) is 7.36. The van der Waals surface area contributed by atoms with Gasteiger partial charge in [-0.1, -0.05) is 51.3 Å². The Labute approximate surface area is 234 Å². The molecule has 2 aliphatic rings. The van der Waals surface area contributed by atoms with Crippen molar-refractivity contribution in [2.24, 2.45) is 0 Å². The number of halogens is 3. The first kappa shape index (κ1) is 26.6. The fourth-order valence-electron chi connectivity index (χ4n) is 4.95. The first-order valence-electron chi connectivity index (χ1n) is 11.7. The third-order valence-corrected chi connectivity index (χ3v) is 9.87. The van der Waals surface area contributed by atoms with E-state index in [4.69, 9.17) is 23.2 Å². The molecule has 2 aromatic carbocycles. The number of amides is 1. The number of anilines is 2. The molecular formula is C25H25BrCl2N4O4S. The number of sulfonamides is 1. The molecule has 0 saturated carbocycles. The predicted octanol–water partition coefficient (Wildman–Crippen LogP) is 5.12. The van der Waals surface area contributed by atoms with Crippen molar-refractivity contribution in [2.45, 2.75) is 49.3 Å². The second-order valence-electron chi connectivity index (χ2n) is 9.98. The number of carbonyl (C=O) groups is 1. The minimum atomic E-state index is -4.03. The molecule has 1 N–H and O–H groups in total. The Kier molecular flexibility index (Phi) is 6.74. The summed E-state index contributed by atoms with van der Waals surface area (Å²) in [6, 6.07) is 12.3. The number of benzene rings is 2. The standard InChI is InChI=1S/C25H25BrCl2N4O4S/c1-24(34)7-9-30(10-8-24)37(35,36)21-15-29-23-31(20-12-18(27)11-19(28)13-20)22(33)25(2,32(21)23)14-16-3-5-17(26)6-4-16/h3-6,11-13,15,34H,7-10,14H2,1-2H3/t25-/m1/s1. The van der Waals surface area contributed by atoms with Crippen molar-refractivity contribution in [2.75, 3.05) is 18.0 Å². The van der Waals surface area contributed by atoms with Gasteiger partial charge in [0.15, 0.2) is 5.03 Å². The smallest absolute Gasteiger partial charge is 0.260 e. The van der Waals surface area contributed by atoms with Crippen LogP contribution in [-0.2, 0) is 26.8 Å². The Hall–Kier alpha value is -1.95. The van der Waals surface area contributed by atoms with Crippen LogP contribution in [0.1, 0.15) is 32.3 Å². The van der Waals surface area contributed by atoms with Crippen LogP contribution < -0.4 is 4.90 Å². The number of hydrogen-bond donors (Lipinski definition) is 1. The molecule has 0 bridgehead atoms. The number of rotatable bonds is 5. The number of imidazole rings is 1. The van der Waals surface area contributed by atoms with Crippen molar-refractivity contribution in [3.63, 3.8) is 0 Å². The van der Waals surface area contributed by atoms with Crippen molar-refractivity contribution in [1.29, 1.82) is 0 Å². The highest BCUT2D eigenvalue weighted by molar-refractivity contribution is 9.10. The number of piperidine rings is 1. The van der Waals surface area contributed by atoms with Crippen molar-refractivity contribution in [3.8, 4) is 0 Å². The van der Waals surface area contributed by atoms with Gasteiger partial charge in [-0.15, -0.1) is 0 Å². The Bertz CT molecular complexity index is 1460. The van der Waals surface area contributed by atoms with Crippen LogP contribution >= 0.6 is 39.1 Å². The van der Waals surface area contributed by atoms with E-state index < -0.39 is 21.2 Å². The van der Waals surface area contributed by atoms with Gasteiger partial charge in [0.05, 0.1) is 17.5 Å². The third kappa shape index (κ3) is 4.72. The zero-order valence-electron chi connectivity index (χ0n) is 20.2. The Morgan fingerprint density at radius 1 is 1.05 bits per heavy atom. The van der Waals surface area contributed by atoms with Gasteiger partial charge in [-0.3, -0.25) is 9.36 Å². The average Bonchev–Trinajstić information content (AvgIpc) is 3.33. The third-order valence-electron chi connectivity index (χ3n) is 7.04. The monoisotopic (exact) mass is 626 g/mol. The van der Waals surface area contributed by atoms with Gasteiger partial charge in [0.1, 0.15) is 5.54 Å². The molecule has 0 radical (unpaired) electrons. The molecule has 0 aliphatic carbocycles. The number of fused-ring (bicyclic) bond motifs is 1. The molecule has 0 spiro atoms. The molecule has 0 unspecified atom stereocenters. The van der Waals surface area contributed by atoms with Crippen molar-refractivity contribution >= 4 is 66.7 Å². The van der Waals surface area contributed by atoms with Crippen molar-refractivity contribution in [3.05, 3.63) is 68.7 Å². The molecule has 1 amide bonds. The molecular weight excluding hydrogens is 603 g/mol. The van der Waals surface area contributed by atoms with Crippen LogP contribution in [-0.4, -0.2) is 52.0 Å².